The number of ether oxygens (including phenoxy) is 5. The predicted octanol–water partition coefficient (Wildman–Crippen LogP) is 5.22. The molecular weight excluding hydrogens is 597 g/mol. The number of esters is 1. The minimum Gasteiger partial charge on any atom is -0.468 e. The van der Waals surface area contributed by atoms with E-state index in [0.29, 0.717) is 11.1 Å². The van der Waals surface area contributed by atoms with E-state index in [0.717, 1.165) is 4.90 Å². The first kappa shape index (κ1) is 36.1. The first-order chi connectivity index (χ1) is 20.8. The average Bonchev–Trinajstić information content (AvgIpc) is 2.99. The summed E-state index contributed by atoms with van der Waals surface area (Å²) in [5.41, 5.74) is 7.43. The third kappa shape index (κ3) is 13.0. The van der Waals surface area contributed by atoms with Crippen LogP contribution in [0, 0.1) is 11.8 Å². The lowest BCUT2D eigenvalue weighted by Gasteiger charge is -2.28. The summed E-state index contributed by atoms with van der Waals surface area (Å²) in [6.07, 6.45) is -5.24. The van der Waals surface area contributed by atoms with Crippen molar-refractivity contribution in [1.29, 1.82) is 0 Å². The molecule has 0 saturated heterocycles. The van der Waals surface area contributed by atoms with Crippen molar-refractivity contribution in [3.8, 4) is 0 Å². The highest BCUT2D eigenvalue weighted by Gasteiger charge is 2.39. The maximum atomic E-state index is 14.1. The van der Waals surface area contributed by atoms with Crippen LogP contribution in [-0.2, 0) is 55.3 Å². The summed E-state index contributed by atoms with van der Waals surface area (Å²) in [5.74, 6) is -2.28. The van der Waals surface area contributed by atoms with Crippen molar-refractivity contribution >= 4 is 32.0 Å². The summed E-state index contributed by atoms with van der Waals surface area (Å²) < 4.78 is 54.8. The topological polar surface area (TPSA) is 175 Å². The Bertz CT molecular complexity index is 1200. The summed E-state index contributed by atoms with van der Waals surface area (Å²) in [6, 6.07) is 17.8. The molecule has 2 unspecified atom stereocenters. The fourth-order valence-corrected chi connectivity index (χ4v) is 4.77. The maximum Gasteiger partial charge on any atom is 0.510 e. The van der Waals surface area contributed by atoms with Crippen molar-refractivity contribution in [2.75, 3.05) is 20.7 Å². The summed E-state index contributed by atoms with van der Waals surface area (Å²) in [7, 11) is -2.20. The number of likely N-dealkylation sites (N-methyl/N-ethyl adjacent to an activating group) is 1. The Hall–Kier alpha value is -4.13. The number of carbonyl (C=O) groups excluding carboxylic acids is 3. The first-order valence-corrected chi connectivity index (χ1v) is 15.2. The molecule has 0 fully saturated rings. The predicted molar refractivity (Wildman–Crippen MR) is 159 cm³/mol. The molecule has 2 aromatic rings. The van der Waals surface area contributed by atoms with E-state index in [1.807, 2.05) is 12.1 Å². The molecule has 0 aliphatic rings. The normalized spacial score (nSPS) is 14.2. The van der Waals surface area contributed by atoms with Gasteiger partial charge in [0, 0.05) is 18.9 Å². The number of benzene rings is 2. The van der Waals surface area contributed by atoms with E-state index in [2.05, 4.69) is 9.50 Å². The lowest BCUT2D eigenvalue weighted by Crippen LogP contribution is -2.38. The van der Waals surface area contributed by atoms with Crippen molar-refractivity contribution in [2.45, 2.75) is 53.5 Å². The van der Waals surface area contributed by atoms with Crippen LogP contribution in [0.3, 0.4) is 0 Å². The van der Waals surface area contributed by atoms with Gasteiger partial charge in [-0.05, 0) is 11.1 Å². The van der Waals surface area contributed by atoms with Crippen LogP contribution in [0.1, 0.15) is 38.8 Å². The standard InChI is InChI=1S/C29H40N3O11P/c1-20(2)25(40-28(34)38-18-22-13-9-7-10-14-22)42-44(36,31-27(30)32(5)17-24(33)37-6)43-26(21(3)4)41-29(35)39-19-23-15-11-8-12-16-23/h7-16,20-21,25-26H,17-19H2,1-6H3,(H2,30,31,36). The molecule has 0 aliphatic heterocycles. The van der Waals surface area contributed by atoms with E-state index < -0.39 is 56.4 Å². The van der Waals surface area contributed by atoms with Crippen LogP contribution >= 0.6 is 7.75 Å². The number of guanidine groups is 1. The fraction of sp³-hybridized carbons (Fsp3) is 0.448. The molecule has 2 rings (SSSR count). The monoisotopic (exact) mass is 637 g/mol. The zero-order valence-electron chi connectivity index (χ0n) is 25.6. The molecule has 2 N–H and O–H groups in total. The SMILES string of the molecule is COC(=O)CN(C)/C(N)=N/P(=O)(OC(OC(=O)OCc1ccccc1)C(C)C)OC(OC(=O)OCc1ccccc1)C(C)C. The van der Waals surface area contributed by atoms with Crippen LogP contribution in [0.2, 0.25) is 0 Å². The zero-order valence-corrected chi connectivity index (χ0v) is 26.5. The lowest BCUT2D eigenvalue weighted by molar-refractivity contribution is -0.140. The molecule has 0 spiro atoms. The first-order valence-electron chi connectivity index (χ1n) is 13.7. The number of hydrogen-bond donors (Lipinski definition) is 1. The molecule has 0 saturated carbocycles. The summed E-state index contributed by atoms with van der Waals surface area (Å²) in [5, 5.41) is 0. The molecule has 242 valence electrons. The average molecular weight is 638 g/mol. The van der Waals surface area contributed by atoms with Crippen LogP contribution in [-0.4, -0.2) is 62.4 Å². The Morgan fingerprint density at radius 3 is 1.57 bits per heavy atom. The summed E-state index contributed by atoms with van der Waals surface area (Å²) in [6.45, 7) is 5.95. The van der Waals surface area contributed by atoms with Gasteiger partial charge in [-0.1, -0.05) is 88.4 Å². The summed E-state index contributed by atoms with van der Waals surface area (Å²) in [4.78, 5) is 37.9. The molecule has 0 heterocycles. The molecule has 15 heteroatoms. The van der Waals surface area contributed by atoms with E-state index in [-0.39, 0.29) is 19.8 Å². The number of nitrogens with two attached hydrogens (primary N) is 1. The quantitative estimate of drug-likeness (QED) is 0.0673. The highest BCUT2D eigenvalue weighted by atomic mass is 31.2. The highest BCUT2D eigenvalue weighted by Crippen LogP contribution is 2.54. The van der Waals surface area contributed by atoms with Crippen LogP contribution in [0.15, 0.2) is 65.4 Å². The van der Waals surface area contributed by atoms with Gasteiger partial charge in [-0.25, -0.2) is 23.2 Å². The number of carbonyl (C=O) groups is 3. The number of hydrogen-bond acceptors (Lipinski definition) is 11. The molecular formula is C29H40N3O11P. The minimum atomic E-state index is -4.76. The molecule has 0 aromatic heterocycles. The zero-order chi connectivity index (χ0) is 32.7. The van der Waals surface area contributed by atoms with Gasteiger partial charge in [-0.2, -0.15) is 0 Å². The van der Waals surface area contributed by atoms with Crippen molar-refractivity contribution in [3.05, 3.63) is 71.8 Å². The van der Waals surface area contributed by atoms with E-state index >= 15 is 0 Å². The van der Waals surface area contributed by atoms with Gasteiger partial charge in [0.2, 0.25) is 18.5 Å². The van der Waals surface area contributed by atoms with E-state index in [1.54, 1.807) is 76.2 Å². The van der Waals surface area contributed by atoms with Crippen molar-refractivity contribution in [1.82, 2.24) is 4.90 Å². The van der Waals surface area contributed by atoms with Gasteiger partial charge in [0.05, 0.1) is 7.11 Å². The summed E-state index contributed by atoms with van der Waals surface area (Å²) >= 11 is 0. The molecule has 2 aromatic carbocycles. The molecule has 0 aliphatic carbocycles. The maximum absolute atomic E-state index is 14.1. The number of methoxy groups -OCH3 is 1. The molecule has 14 nitrogen and oxygen atoms in total. The van der Waals surface area contributed by atoms with E-state index in [1.165, 1.54) is 14.2 Å². The van der Waals surface area contributed by atoms with Gasteiger partial charge in [0.15, 0.2) is 0 Å². The Kier molecular flexibility index (Phi) is 14.6. The second-order valence-electron chi connectivity index (χ2n) is 10.1. The molecule has 2 atom stereocenters. The largest absolute Gasteiger partial charge is 0.510 e. The second-order valence-corrected chi connectivity index (χ2v) is 11.6. The smallest absolute Gasteiger partial charge is 0.468 e. The second kappa shape index (κ2) is 17.9. The molecule has 0 radical (unpaired) electrons. The Morgan fingerprint density at radius 1 is 0.795 bits per heavy atom. The van der Waals surface area contributed by atoms with Crippen molar-refractivity contribution in [2.24, 2.45) is 22.3 Å². The van der Waals surface area contributed by atoms with Gasteiger partial charge >= 0.3 is 26.0 Å². The fourth-order valence-electron chi connectivity index (χ4n) is 3.12. The third-order valence-electron chi connectivity index (χ3n) is 5.60. The van der Waals surface area contributed by atoms with Crippen molar-refractivity contribution < 1.29 is 51.7 Å². The van der Waals surface area contributed by atoms with E-state index in [4.69, 9.17) is 33.7 Å². The van der Waals surface area contributed by atoms with Gasteiger partial charge in [-0.15, -0.1) is 4.76 Å². The van der Waals surface area contributed by atoms with Crippen LogP contribution in [0.25, 0.3) is 0 Å². The number of rotatable bonds is 15. The van der Waals surface area contributed by atoms with Gasteiger partial charge < -0.3 is 34.3 Å². The van der Waals surface area contributed by atoms with Crippen LogP contribution in [0.4, 0.5) is 9.59 Å². The Morgan fingerprint density at radius 2 is 1.20 bits per heavy atom. The molecule has 0 bridgehead atoms. The molecule has 0 amide bonds. The van der Waals surface area contributed by atoms with Crippen molar-refractivity contribution in [3.63, 3.8) is 0 Å². The third-order valence-corrected chi connectivity index (χ3v) is 6.99. The van der Waals surface area contributed by atoms with Gasteiger partial charge in [0.25, 0.3) is 0 Å². The van der Waals surface area contributed by atoms with Crippen LogP contribution < -0.4 is 5.73 Å². The Labute approximate surface area is 256 Å². The van der Waals surface area contributed by atoms with Crippen LogP contribution in [0.5, 0.6) is 0 Å². The lowest BCUT2D eigenvalue weighted by atomic mass is 10.2. The van der Waals surface area contributed by atoms with Gasteiger partial charge in [-0.3, -0.25) is 4.79 Å². The minimum absolute atomic E-state index is 0.0869. The van der Waals surface area contributed by atoms with Gasteiger partial charge in [0.1, 0.15) is 19.8 Å². The number of nitrogens with zero attached hydrogens (tertiary/aromatic N) is 2. The highest BCUT2D eigenvalue weighted by molar-refractivity contribution is 7.52. The molecule has 44 heavy (non-hydrogen) atoms. The Balaban J connectivity index is 2.26. The van der Waals surface area contributed by atoms with E-state index in [9.17, 15) is 18.9 Å².